The van der Waals surface area contributed by atoms with Gasteiger partial charge < -0.3 is 14.6 Å². The highest BCUT2D eigenvalue weighted by molar-refractivity contribution is 6.31. The third kappa shape index (κ3) is 2.35. The maximum Gasteiger partial charge on any atom is 0.162 e. The van der Waals surface area contributed by atoms with Gasteiger partial charge in [-0.3, -0.25) is 0 Å². The van der Waals surface area contributed by atoms with Crippen LogP contribution < -0.4 is 9.47 Å². The highest BCUT2D eigenvalue weighted by atomic mass is 35.5. The fourth-order valence-corrected chi connectivity index (χ4v) is 2.38. The normalized spacial score (nSPS) is 24.3. The van der Waals surface area contributed by atoms with Gasteiger partial charge in [-0.15, -0.1) is 0 Å². The molecule has 1 aromatic carbocycles. The molecule has 1 aliphatic carbocycles. The van der Waals surface area contributed by atoms with Crippen molar-refractivity contribution in [1.82, 2.24) is 0 Å². The molecule has 3 unspecified atom stereocenters. The van der Waals surface area contributed by atoms with Gasteiger partial charge in [-0.1, -0.05) is 18.5 Å². The summed E-state index contributed by atoms with van der Waals surface area (Å²) in [5.41, 5.74) is 0.721. The summed E-state index contributed by atoms with van der Waals surface area (Å²) in [4.78, 5) is 0. The van der Waals surface area contributed by atoms with E-state index in [1.165, 1.54) is 0 Å². The standard InChI is InChI=1S/C13H17ClO3/c1-7-4-8(7)13(15)9-5-11(16-2)12(17-3)6-10(9)14/h5-8,13,15H,4H2,1-3H3. The molecule has 0 heterocycles. The third-order valence-corrected chi connectivity index (χ3v) is 3.73. The average molecular weight is 257 g/mol. The van der Waals surface area contributed by atoms with Crippen LogP contribution in [0.1, 0.15) is 25.0 Å². The van der Waals surface area contributed by atoms with Gasteiger partial charge in [0.15, 0.2) is 11.5 Å². The lowest BCUT2D eigenvalue weighted by atomic mass is 10.0. The number of aliphatic hydroxyl groups excluding tert-OH is 1. The largest absolute Gasteiger partial charge is 0.493 e. The second-order valence-corrected chi connectivity index (χ2v) is 4.96. The van der Waals surface area contributed by atoms with Crippen LogP contribution in [-0.4, -0.2) is 19.3 Å². The maximum absolute atomic E-state index is 10.2. The molecular weight excluding hydrogens is 240 g/mol. The quantitative estimate of drug-likeness (QED) is 0.900. The van der Waals surface area contributed by atoms with E-state index in [4.69, 9.17) is 21.1 Å². The summed E-state index contributed by atoms with van der Waals surface area (Å²) in [6.45, 7) is 2.13. The van der Waals surface area contributed by atoms with E-state index in [9.17, 15) is 5.11 Å². The molecule has 2 rings (SSSR count). The van der Waals surface area contributed by atoms with E-state index in [0.717, 1.165) is 12.0 Å². The lowest BCUT2D eigenvalue weighted by molar-refractivity contribution is 0.148. The first kappa shape index (κ1) is 12.5. The molecule has 0 saturated heterocycles. The minimum absolute atomic E-state index is 0.311. The molecule has 0 bridgehead atoms. The number of benzene rings is 1. The summed E-state index contributed by atoms with van der Waals surface area (Å²) in [7, 11) is 3.13. The van der Waals surface area contributed by atoms with Crippen molar-refractivity contribution in [2.24, 2.45) is 11.8 Å². The molecule has 0 aliphatic heterocycles. The van der Waals surface area contributed by atoms with Crippen LogP contribution in [0.5, 0.6) is 11.5 Å². The van der Waals surface area contributed by atoms with Crippen molar-refractivity contribution in [3.8, 4) is 11.5 Å². The molecule has 1 aromatic rings. The molecule has 1 fully saturated rings. The molecule has 0 amide bonds. The zero-order valence-corrected chi connectivity index (χ0v) is 11.0. The fourth-order valence-electron chi connectivity index (χ4n) is 2.12. The molecule has 17 heavy (non-hydrogen) atoms. The second kappa shape index (κ2) is 4.75. The molecule has 1 N–H and O–H groups in total. The predicted molar refractivity (Wildman–Crippen MR) is 66.8 cm³/mol. The second-order valence-electron chi connectivity index (χ2n) is 4.55. The molecule has 4 heteroatoms. The summed E-state index contributed by atoms with van der Waals surface area (Å²) >= 11 is 6.16. The summed E-state index contributed by atoms with van der Waals surface area (Å²) in [5.74, 6) is 2.05. The zero-order chi connectivity index (χ0) is 12.6. The van der Waals surface area contributed by atoms with Crippen molar-refractivity contribution in [1.29, 1.82) is 0 Å². The number of aliphatic hydroxyl groups is 1. The Morgan fingerprint density at radius 2 is 1.82 bits per heavy atom. The van der Waals surface area contributed by atoms with Gasteiger partial charge in [-0.2, -0.15) is 0 Å². The number of halogens is 1. The molecule has 3 nitrogen and oxygen atoms in total. The van der Waals surface area contributed by atoms with Gasteiger partial charge in [-0.05, 0) is 24.3 Å². The van der Waals surface area contributed by atoms with Gasteiger partial charge >= 0.3 is 0 Å². The van der Waals surface area contributed by atoms with E-state index in [-0.39, 0.29) is 0 Å². The maximum atomic E-state index is 10.2. The van der Waals surface area contributed by atoms with Crippen molar-refractivity contribution in [2.75, 3.05) is 14.2 Å². The first-order chi connectivity index (χ1) is 8.08. The number of hydrogen-bond acceptors (Lipinski definition) is 3. The molecule has 1 saturated carbocycles. The number of hydrogen-bond donors (Lipinski definition) is 1. The Hall–Kier alpha value is -0.930. The number of rotatable bonds is 4. The first-order valence-corrected chi connectivity index (χ1v) is 6.05. The Labute approximate surface area is 106 Å². The van der Waals surface area contributed by atoms with Gasteiger partial charge in [0.2, 0.25) is 0 Å². The summed E-state index contributed by atoms with van der Waals surface area (Å²) < 4.78 is 10.4. The van der Waals surface area contributed by atoms with Crippen molar-refractivity contribution >= 4 is 11.6 Å². The van der Waals surface area contributed by atoms with E-state index < -0.39 is 6.10 Å². The van der Waals surface area contributed by atoms with E-state index in [1.54, 1.807) is 26.4 Å². The van der Waals surface area contributed by atoms with E-state index in [0.29, 0.717) is 28.4 Å². The van der Waals surface area contributed by atoms with Crippen LogP contribution in [0, 0.1) is 11.8 Å². The number of methoxy groups -OCH3 is 2. The SMILES string of the molecule is COc1cc(Cl)c(C(O)C2CC2C)cc1OC. The molecule has 0 radical (unpaired) electrons. The highest BCUT2D eigenvalue weighted by Gasteiger charge is 2.40. The summed E-state index contributed by atoms with van der Waals surface area (Å²) in [6, 6.07) is 3.45. The van der Waals surface area contributed by atoms with Crippen LogP contribution in [0.2, 0.25) is 5.02 Å². The topological polar surface area (TPSA) is 38.7 Å². The van der Waals surface area contributed by atoms with E-state index in [1.807, 2.05) is 0 Å². The van der Waals surface area contributed by atoms with Crippen molar-refractivity contribution in [3.63, 3.8) is 0 Å². The lowest BCUT2D eigenvalue weighted by Gasteiger charge is -2.16. The molecule has 0 aromatic heterocycles. The average Bonchev–Trinajstić information content (AvgIpc) is 3.05. The Morgan fingerprint density at radius 1 is 1.29 bits per heavy atom. The Balaban J connectivity index is 2.33. The Bertz CT molecular complexity index is 419. The Kier molecular flexibility index (Phi) is 3.50. The summed E-state index contributed by atoms with van der Waals surface area (Å²) in [5, 5.41) is 10.7. The van der Waals surface area contributed by atoms with Gasteiger partial charge in [0, 0.05) is 11.6 Å². The lowest BCUT2D eigenvalue weighted by Crippen LogP contribution is -2.03. The molecule has 94 valence electrons. The van der Waals surface area contributed by atoms with Gasteiger partial charge in [0.1, 0.15) is 0 Å². The zero-order valence-electron chi connectivity index (χ0n) is 10.2. The minimum Gasteiger partial charge on any atom is -0.493 e. The third-order valence-electron chi connectivity index (χ3n) is 3.40. The molecule has 1 aliphatic rings. The van der Waals surface area contributed by atoms with Crippen LogP contribution in [0.3, 0.4) is 0 Å². The monoisotopic (exact) mass is 256 g/mol. The van der Waals surface area contributed by atoms with Crippen molar-refractivity contribution < 1.29 is 14.6 Å². The smallest absolute Gasteiger partial charge is 0.162 e. The van der Waals surface area contributed by atoms with Crippen LogP contribution in [0.25, 0.3) is 0 Å². The number of ether oxygens (including phenoxy) is 2. The molecule has 0 spiro atoms. The van der Waals surface area contributed by atoms with E-state index in [2.05, 4.69) is 6.92 Å². The minimum atomic E-state index is -0.516. The molecule has 3 atom stereocenters. The van der Waals surface area contributed by atoms with Crippen LogP contribution >= 0.6 is 11.6 Å². The van der Waals surface area contributed by atoms with Crippen molar-refractivity contribution in [2.45, 2.75) is 19.4 Å². The van der Waals surface area contributed by atoms with Gasteiger partial charge in [-0.25, -0.2) is 0 Å². The van der Waals surface area contributed by atoms with E-state index >= 15 is 0 Å². The van der Waals surface area contributed by atoms with Crippen LogP contribution in [0.15, 0.2) is 12.1 Å². The Morgan fingerprint density at radius 3 is 2.29 bits per heavy atom. The molecular formula is C13H17ClO3. The van der Waals surface area contributed by atoms with Crippen LogP contribution in [-0.2, 0) is 0 Å². The first-order valence-electron chi connectivity index (χ1n) is 5.68. The van der Waals surface area contributed by atoms with Crippen LogP contribution in [0.4, 0.5) is 0 Å². The van der Waals surface area contributed by atoms with Crippen molar-refractivity contribution in [3.05, 3.63) is 22.7 Å². The summed E-state index contributed by atoms with van der Waals surface area (Å²) in [6.07, 6.45) is 0.531. The van der Waals surface area contributed by atoms with Gasteiger partial charge in [0.05, 0.1) is 25.3 Å². The fraction of sp³-hybridized carbons (Fsp3) is 0.538. The van der Waals surface area contributed by atoms with Gasteiger partial charge in [0.25, 0.3) is 0 Å². The highest BCUT2D eigenvalue weighted by Crippen LogP contribution is 2.49. The predicted octanol–water partition coefficient (Wildman–Crippen LogP) is 3.05.